The third-order valence-electron chi connectivity index (χ3n) is 1.93. The molecule has 0 aliphatic carbocycles. The molecule has 0 aromatic carbocycles. The van der Waals surface area contributed by atoms with E-state index in [4.69, 9.17) is 11.6 Å². The Bertz CT molecular complexity index is 608. The van der Waals surface area contributed by atoms with Crippen LogP contribution in [0.5, 0.6) is 0 Å². The van der Waals surface area contributed by atoms with Gasteiger partial charge in [-0.15, -0.1) is 0 Å². The van der Waals surface area contributed by atoms with Crippen LogP contribution in [0, 0.1) is 10.1 Å². The first-order valence-corrected chi connectivity index (χ1v) is 4.29. The lowest BCUT2D eigenvalue weighted by atomic mass is 10.2. The van der Waals surface area contributed by atoms with Crippen molar-refractivity contribution in [2.24, 2.45) is 0 Å². The molecule has 7 heteroatoms. The Balaban J connectivity index is 2.96. The summed E-state index contributed by atoms with van der Waals surface area (Å²) in [5.41, 5.74) is -0.631. The van der Waals surface area contributed by atoms with Crippen molar-refractivity contribution in [3.05, 3.63) is 44.1 Å². The van der Waals surface area contributed by atoms with E-state index in [-0.39, 0.29) is 21.6 Å². The molecule has 2 aromatic rings. The second kappa shape index (κ2) is 3.32. The molecule has 2 aromatic heterocycles. The smallest absolute Gasteiger partial charge is 0.293 e. The SMILES string of the molecule is O=c1[nH]cc([N+](=O)[O-])c2cc(Cl)ncc12. The Morgan fingerprint density at radius 3 is 2.87 bits per heavy atom. The number of hydrogen-bond donors (Lipinski definition) is 1. The fourth-order valence-corrected chi connectivity index (χ4v) is 1.42. The molecule has 76 valence electrons. The van der Waals surface area contributed by atoms with E-state index in [1.807, 2.05) is 0 Å². The van der Waals surface area contributed by atoms with E-state index in [0.29, 0.717) is 0 Å². The molecule has 0 aliphatic rings. The van der Waals surface area contributed by atoms with E-state index in [2.05, 4.69) is 9.97 Å². The van der Waals surface area contributed by atoms with Crippen LogP contribution in [0.1, 0.15) is 0 Å². The Labute approximate surface area is 87.7 Å². The number of nitro groups is 1. The number of aromatic nitrogens is 2. The average molecular weight is 226 g/mol. The lowest BCUT2D eigenvalue weighted by Crippen LogP contribution is -2.07. The van der Waals surface area contributed by atoms with Crippen molar-refractivity contribution >= 4 is 28.1 Å². The average Bonchev–Trinajstić information content (AvgIpc) is 2.17. The minimum atomic E-state index is -0.589. The summed E-state index contributed by atoms with van der Waals surface area (Å²) in [6.07, 6.45) is 2.25. The summed E-state index contributed by atoms with van der Waals surface area (Å²) in [7, 11) is 0. The monoisotopic (exact) mass is 225 g/mol. The van der Waals surface area contributed by atoms with Gasteiger partial charge in [0.05, 0.1) is 21.9 Å². The lowest BCUT2D eigenvalue weighted by Gasteiger charge is -1.98. The summed E-state index contributed by atoms with van der Waals surface area (Å²) < 4.78 is 0. The van der Waals surface area contributed by atoms with Gasteiger partial charge in [0.25, 0.3) is 11.2 Å². The van der Waals surface area contributed by atoms with Gasteiger partial charge in [0.15, 0.2) is 0 Å². The maximum absolute atomic E-state index is 11.3. The van der Waals surface area contributed by atoms with E-state index in [1.165, 1.54) is 12.3 Å². The Kier molecular flexibility index (Phi) is 2.12. The van der Waals surface area contributed by atoms with E-state index < -0.39 is 10.5 Å². The molecule has 0 aliphatic heterocycles. The third kappa shape index (κ3) is 1.55. The number of pyridine rings is 2. The first-order valence-electron chi connectivity index (χ1n) is 3.91. The quantitative estimate of drug-likeness (QED) is 0.452. The van der Waals surface area contributed by atoms with Gasteiger partial charge in [0.1, 0.15) is 5.15 Å². The molecule has 0 radical (unpaired) electrons. The zero-order valence-corrected chi connectivity index (χ0v) is 7.99. The second-order valence-corrected chi connectivity index (χ2v) is 3.20. The molecule has 0 amide bonds. The lowest BCUT2D eigenvalue weighted by molar-refractivity contribution is -0.383. The van der Waals surface area contributed by atoms with Crippen LogP contribution in [0.15, 0.2) is 23.3 Å². The minimum absolute atomic E-state index is 0.108. The van der Waals surface area contributed by atoms with Gasteiger partial charge in [0, 0.05) is 6.20 Å². The van der Waals surface area contributed by atoms with Crippen molar-refractivity contribution < 1.29 is 4.92 Å². The predicted octanol–water partition coefficient (Wildman–Crippen LogP) is 1.48. The van der Waals surface area contributed by atoms with Gasteiger partial charge >= 0.3 is 0 Å². The number of fused-ring (bicyclic) bond motifs is 1. The molecule has 0 saturated carbocycles. The molecular weight excluding hydrogens is 222 g/mol. The molecular formula is C8H4ClN3O3. The Hall–Kier alpha value is -1.95. The highest BCUT2D eigenvalue weighted by molar-refractivity contribution is 6.30. The van der Waals surface area contributed by atoms with Crippen molar-refractivity contribution in [1.82, 2.24) is 9.97 Å². The molecule has 0 spiro atoms. The Morgan fingerprint density at radius 1 is 1.47 bits per heavy atom. The zero-order chi connectivity index (χ0) is 11.0. The molecule has 0 bridgehead atoms. The van der Waals surface area contributed by atoms with Crippen LogP contribution < -0.4 is 5.56 Å². The van der Waals surface area contributed by atoms with Gasteiger partial charge < -0.3 is 4.98 Å². The number of halogens is 1. The molecule has 0 fully saturated rings. The first kappa shape index (κ1) is 9.60. The van der Waals surface area contributed by atoms with Gasteiger partial charge in [-0.1, -0.05) is 11.6 Å². The highest BCUT2D eigenvalue weighted by Crippen LogP contribution is 2.23. The normalized spacial score (nSPS) is 10.5. The number of H-pyrrole nitrogens is 1. The second-order valence-electron chi connectivity index (χ2n) is 2.81. The number of aromatic amines is 1. The Morgan fingerprint density at radius 2 is 2.20 bits per heavy atom. The fraction of sp³-hybridized carbons (Fsp3) is 0. The maximum atomic E-state index is 11.3. The number of rotatable bonds is 1. The zero-order valence-electron chi connectivity index (χ0n) is 7.23. The van der Waals surface area contributed by atoms with E-state index in [9.17, 15) is 14.9 Å². The van der Waals surface area contributed by atoms with Gasteiger partial charge in [0.2, 0.25) is 0 Å². The summed E-state index contributed by atoms with van der Waals surface area (Å²) in [4.78, 5) is 27.3. The van der Waals surface area contributed by atoms with Crippen LogP contribution >= 0.6 is 11.6 Å². The third-order valence-corrected chi connectivity index (χ3v) is 2.13. The molecule has 2 heterocycles. The van der Waals surface area contributed by atoms with Crippen LogP contribution in [0.3, 0.4) is 0 Å². The summed E-state index contributed by atoms with van der Waals surface area (Å²) >= 11 is 5.60. The minimum Gasteiger partial charge on any atom is -0.322 e. The molecule has 15 heavy (non-hydrogen) atoms. The van der Waals surface area contributed by atoms with Crippen molar-refractivity contribution in [2.45, 2.75) is 0 Å². The van der Waals surface area contributed by atoms with E-state index >= 15 is 0 Å². The van der Waals surface area contributed by atoms with Crippen LogP contribution in [-0.2, 0) is 0 Å². The van der Waals surface area contributed by atoms with Crippen LogP contribution in [-0.4, -0.2) is 14.9 Å². The van der Waals surface area contributed by atoms with Crippen molar-refractivity contribution in [2.75, 3.05) is 0 Å². The van der Waals surface area contributed by atoms with Gasteiger partial charge in [-0.05, 0) is 6.07 Å². The summed E-state index contributed by atoms with van der Waals surface area (Å²) in [5, 5.41) is 11.1. The van der Waals surface area contributed by atoms with Gasteiger partial charge in [-0.2, -0.15) is 0 Å². The first-order chi connectivity index (χ1) is 7.09. The molecule has 0 atom stereocenters. The standard InChI is InChI=1S/C8H4ClN3O3/c9-7-1-4-5(2-10-7)8(13)11-3-6(4)12(14)15/h1-3H,(H,11,13). The van der Waals surface area contributed by atoms with Crippen molar-refractivity contribution in [3.63, 3.8) is 0 Å². The highest BCUT2D eigenvalue weighted by atomic mass is 35.5. The number of nitrogens with zero attached hydrogens (tertiary/aromatic N) is 2. The molecule has 0 unspecified atom stereocenters. The van der Waals surface area contributed by atoms with E-state index in [0.717, 1.165) is 6.20 Å². The largest absolute Gasteiger partial charge is 0.322 e. The topological polar surface area (TPSA) is 88.9 Å². The van der Waals surface area contributed by atoms with Crippen molar-refractivity contribution in [3.8, 4) is 0 Å². The highest BCUT2D eigenvalue weighted by Gasteiger charge is 2.14. The van der Waals surface area contributed by atoms with Crippen molar-refractivity contribution in [1.29, 1.82) is 0 Å². The number of nitrogens with one attached hydrogen (secondary N) is 1. The number of hydrogen-bond acceptors (Lipinski definition) is 4. The summed E-state index contributed by atoms with van der Waals surface area (Å²) in [6.45, 7) is 0. The van der Waals surface area contributed by atoms with Gasteiger partial charge in [-0.25, -0.2) is 4.98 Å². The maximum Gasteiger partial charge on any atom is 0.293 e. The van der Waals surface area contributed by atoms with Crippen LogP contribution in [0.25, 0.3) is 10.8 Å². The molecule has 1 N–H and O–H groups in total. The van der Waals surface area contributed by atoms with E-state index in [1.54, 1.807) is 0 Å². The summed E-state index contributed by atoms with van der Waals surface area (Å²) in [5.74, 6) is 0. The molecule has 6 nitrogen and oxygen atoms in total. The van der Waals surface area contributed by atoms with Crippen LogP contribution in [0.2, 0.25) is 5.15 Å². The molecule has 0 saturated heterocycles. The fourth-order valence-electron chi connectivity index (χ4n) is 1.26. The summed E-state index contributed by atoms with van der Waals surface area (Å²) in [6, 6.07) is 1.30. The molecule has 2 rings (SSSR count). The predicted molar refractivity (Wildman–Crippen MR) is 54.0 cm³/mol. The van der Waals surface area contributed by atoms with Gasteiger partial charge in [-0.3, -0.25) is 14.9 Å². The van der Waals surface area contributed by atoms with Crippen LogP contribution in [0.4, 0.5) is 5.69 Å².